The Morgan fingerprint density at radius 3 is 2.40 bits per heavy atom. The van der Waals surface area contributed by atoms with Crippen LogP contribution < -0.4 is 10.6 Å². The molecule has 0 spiro atoms. The minimum absolute atomic E-state index is 0.303. The number of nitrogens with one attached hydrogen (secondary N) is 2. The SMILES string of the molecule is CCCNC1CCC(NC(=O)OC)CC1. The molecule has 1 amide bonds. The molecule has 1 saturated carbocycles. The van der Waals surface area contributed by atoms with E-state index in [0.29, 0.717) is 12.1 Å². The van der Waals surface area contributed by atoms with E-state index in [1.807, 2.05) is 0 Å². The van der Waals surface area contributed by atoms with Crippen molar-refractivity contribution in [3.8, 4) is 0 Å². The van der Waals surface area contributed by atoms with E-state index in [9.17, 15) is 4.79 Å². The minimum Gasteiger partial charge on any atom is -0.453 e. The largest absolute Gasteiger partial charge is 0.453 e. The lowest BCUT2D eigenvalue weighted by atomic mass is 9.91. The maximum absolute atomic E-state index is 11.0. The summed E-state index contributed by atoms with van der Waals surface area (Å²) in [5.74, 6) is 0. The topological polar surface area (TPSA) is 50.4 Å². The molecule has 0 heterocycles. The van der Waals surface area contributed by atoms with Crippen molar-refractivity contribution in [2.75, 3.05) is 13.7 Å². The zero-order valence-corrected chi connectivity index (χ0v) is 9.71. The molecule has 1 rings (SSSR count). The van der Waals surface area contributed by atoms with Crippen molar-refractivity contribution < 1.29 is 9.53 Å². The first-order chi connectivity index (χ1) is 7.26. The second-order valence-corrected chi connectivity index (χ2v) is 4.14. The van der Waals surface area contributed by atoms with E-state index in [0.717, 1.165) is 32.2 Å². The highest BCUT2D eigenvalue weighted by atomic mass is 16.5. The Bertz CT molecular complexity index is 189. The van der Waals surface area contributed by atoms with Crippen LogP contribution in [0.3, 0.4) is 0 Å². The minimum atomic E-state index is -0.306. The summed E-state index contributed by atoms with van der Waals surface area (Å²) in [5, 5.41) is 6.37. The summed E-state index contributed by atoms with van der Waals surface area (Å²) >= 11 is 0. The van der Waals surface area contributed by atoms with Gasteiger partial charge >= 0.3 is 6.09 Å². The Labute approximate surface area is 91.8 Å². The predicted octanol–water partition coefficient (Wildman–Crippen LogP) is 1.65. The van der Waals surface area contributed by atoms with Gasteiger partial charge in [-0.15, -0.1) is 0 Å². The van der Waals surface area contributed by atoms with Crippen molar-refractivity contribution >= 4 is 6.09 Å². The fourth-order valence-electron chi connectivity index (χ4n) is 2.02. The Balaban J connectivity index is 2.15. The first kappa shape index (κ1) is 12.3. The normalized spacial score (nSPS) is 26.0. The third kappa shape index (κ3) is 4.51. The van der Waals surface area contributed by atoms with Crippen LogP contribution in [0.5, 0.6) is 0 Å². The lowest BCUT2D eigenvalue weighted by molar-refractivity contribution is 0.161. The second kappa shape index (κ2) is 6.67. The van der Waals surface area contributed by atoms with Gasteiger partial charge in [-0.1, -0.05) is 6.92 Å². The van der Waals surface area contributed by atoms with E-state index in [1.54, 1.807) is 0 Å². The van der Waals surface area contributed by atoms with Crippen molar-refractivity contribution in [2.24, 2.45) is 0 Å². The molecule has 0 atom stereocenters. The van der Waals surface area contributed by atoms with Gasteiger partial charge in [-0.2, -0.15) is 0 Å². The third-order valence-electron chi connectivity index (χ3n) is 2.92. The quantitative estimate of drug-likeness (QED) is 0.748. The number of methoxy groups -OCH3 is 1. The smallest absolute Gasteiger partial charge is 0.407 e. The molecule has 0 radical (unpaired) electrons. The molecule has 1 aliphatic carbocycles. The van der Waals surface area contributed by atoms with Crippen LogP contribution in [0.25, 0.3) is 0 Å². The summed E-state index contributed by atoms with van der Waals surface area (Å²) in [6.45, 7) is 3.28. The average molecular weight is 214 g/mol. The number of carbonyl (C=O) groups is 1. The molecule has 0 unspecified atom stereocenters. The number of rotatable bonds is 4. The second-order valence-electron chi connectivity index (χ2n) is 4.14. The predicted molar refractivity (Wildman–Crippen MR) is 59.9 cm³/mol. The Morgan fingerprint density at radius 2 is 1.87 bits per heavy atom. The van der Waals surface area contributed by atoms with E-state index >= 15 is 0 Å². The van der Waals surface area contributed by atoms with Crippen LogP contribution in [0.1, 0.15) is 39.0 Å². The highest BCUT2D eigenvalue weighted by molar-refractivity contribution is 5.67. The number of alkyl carbamates (subject to hydrolysis) is 1. The van der Waals surface area contributed by atoms with Gasteiger partial charge in [0.2, 0.25) is 0 Å². The van der Waals surface area contributed by atoms with Gasteiger partial charge in [0.05, 0.1) is 7.11 Å². The van der Waals surface area contributed by atoms with Gasteiger partial charge < -0.3 is 15.4 Å². The fourth-order valence-corrected chi connectivity index (χ4v) is 2.02. The van der Waals surface area contributed by atoms with Gasteiger partial charge in [0.25, 0.3) is 0 Å². The molecule has 0 aliphatic heterocycles. The van der Waals surface area contributed by atoms with Crippen LogP contribution in [-0.4, -0.2) is 31.8 Å². The van der Waals surface area contributed by atoms with Crippen LogP contribution >= 0.6 is 0 Å². The molecule has 0 aromatic carbocycles. The zero-order valence-electron chi connectivity index (χ0n) is 9.71. The molecule has 2 N–H and O–H groups in total. The van der Waals surface area contributed by atoms with Crippen LogP contribution in [-0.2, 0) is 4.74 Å². The molecule has 0 aromatic heterocycles. The molecule has 4 heteroatoms. The van der Waals surface area contributed by atoms with Crippen LogP contribution in [0, 0.1) is 0 Å². The van der Waals surface area contributed by atoms with Crippen molar-refractivity contribution in [3.63, 3.8) is 0 Å². The molecule has 88 valence electrons. The van der Waals surface area contributed by atoms with Gasteiger partial charge in [0.15, 0.2) is 0 Å². The summed E-state index contributed by atoms with van der Waals surface area (Å²) < 4.78 is 4.58. The summed E-state index contributed by atoms with van der Waals surface area (Å²) in [4.78, 5) is 11.0. The number of ether oxygens (including phenoxy) is 1. The Hall–Kier alpha value is -0.770. The van der Waals surface area contributed by atoms with Crippen molar-refractivity contribution in [1.29, 1.82) is 0 Å². The van der Waals surface area contributed by atoms with Gasteiger partial charge in [0, 0.05) is 12.1 Å². The van der Waals surface area contributed by atoms with E-state index in [2.05, 4.69) is 22.3 Å². The Kier molecular flexibility index (Phi) is 5.47. The van der Waals surface area contributed by atoms with Gasteiger partial charge in [-0.05, 0) is 38.6 Å². The summed E-state index contributed by atoms with van der Waals surface area (Å²) in [6, 6.07) is 0.942. The third-order valence-corrected chi connectivity index (χ3v) is 2.92. The Morgan fingerprint density at radius 1 is 1.27 bits per heavy atom. The van der Waals surface area contributed by atoms with Crippen molar-refractivity contribution in [3.05, 3.63) is 0 Å². The zero-order chi connectivity index (χ0) is 11.1. The molecule has 0 bridgehead atoms. The lowest BCUT2D eigenvalue weighted by Crippen LogP contribution is -2.42. The molecular formula is C11H22N2O2. The standard InChI is InChI=1S/C11H22N2O2/c1-3-8-12-9-4-6-10(7-5-9)13-11(14)15-2/h9-10,12H,3-8H2,1-2H3,(H,13,14). The number of amides is 1. The fraction of sp³-hybridized carbons (Fsp3) is 0.909. The van der Waals surface area contributed by atoms with Gasteiger partial charge in [-0.3, -0.25) is 0 Å². The monoisotopic (exact) mass is 214 g/mol. The van der Waals surface area contributed by atoms with Crippen molar-refractivity contribution in [2.45, 2.75) is 51.1 Å². The van der Waals surface area contributed by atoms with Gasteiger partial charge in [-0.25, -0.2) is 4.79 Å². The van der Waals surface area contributed by atoms with Crippen molar-refractivity contribution in [1.82, 2.24) is 10.6 Å². The maximum Gasteiger partial charge on any atom is 0.407 e. The summed E-state index contributed by atoms with van der Waals surface area (Å²) in [6.07, 6.45) is 5.27. The van der Waals surface area contributed by atoms with E-state index in [-0.39, 0.29) is 6.09 Å². The molecule has 15 heavy (non-hydrogen) atoms. The van der Waals surface area contributed by atoms with E-state index in [1.165, 1.54) is 13.5 Å². The van der Waals surface area contributed by atoms with Crippen LogP contribution in [0.4, 0.5) is 4.79 Å². The van der Waals surface area contributed by atoms with E-state index in [4.69, 9.17) is 0 Å². The van der Waals surface area contributed by atoms with Crippen LogP contribution in [0.2, 0.25) is 0 Å². The number of hydrogen-bond donors (Lipinski definition) is 2. The average Bonchev–Trinajstić information content (AvgIpc) is 2.28. The van der Waals surface area contributed by atoms with Gasteiger partial charge in [0.1, 0.15) is 0 Å². The number of carbonyl (C=O) groups excluding carboxylic acids is 1. The summed E-state index contributed by atoms with van der Waals surface area (Å²) in [7, 11) is 1.41. The first-order valence-electron chi connectivity index (χ1n) is 5.84. The maximum atomic E-state index is 11.0. The molecule has 4 nitrogen and oxygen atoms in total. The molecule has 0 saturated heterocycles. The number of hydrogen-bond acceptors (Lipinski definition) is 3. The summed E-state index contributed by atoms with van der Waals surface area (Å²) in [5.41, 5.74) is 0. The highest BCUT2D eigenvalue weighted by Gasteiger charge is 2.21. The van der Waals surface area contributed by atoms with E-state index < -0.39 is 0 Å². The highest BCUT2D eigenvalue weighted by Crippen LogP contribution is 2.18. The molecule has 1 aliphatic rings. The lowest BCUT2D eigenvalue weighted by Gasteiger charge is -2.29. The molecule has 0 aromatic rings. The molecule has 1 fully saturated rings. The molecular weight excluding hydrogens is 192 g/mol. The first-order valence-corrected chi connectivity index (χ1v) is 5.84. The van der Waals surface area contributed by atoms with Crippen LogP contribution in [0.15, 0.2) is 0 Å².